The van der Waals surface area contributed by atoms with E-state index in [9.17, 15) is 4.79 Å². The SMILES string of the molecule is CC1=NC2c3c(oc(C(=O)NCc4ccc(C)o4)c3C)CCC2S1. The summed E-state index contributed by atoms with van der Waals surface area (Å²) in [5, 5.41) is 4.48. The van der Waals surface area contributed by atoms with Crippen LogP contribution in [0.15, 0.2) is 26.0 Å². The van der Waals surface area contributed by atoms with Crippen LogP contribution in [0, 0.1) is 13.8 Å². The number of aryl methyl sites for hydroxylation is 2. The minimum absolute atomic E-state index is 0.136. The van der Waals surface area contributed by atoms with E-state index >= 15 is 0 Å². The first kappa shape index (κ1) is 15.6. The summed E-state index contributed by atoms with van der Waals surface area (Å²) < 4.78 is 11.4. The summed E-state index contributed by atoms with van der Waals surface area (Å²) in [7, 11) is 0. The molecule has 0 saturated heterocycles. The number of hydrogen-bond acceptors (Lipinski definition) is 5. The highest BCUT2D eigenvalue weighted by Gasteiger charge is 2.39. The first-order valence-electron chi connectivity index (χ1n) is 8.19. The summed E-state index contributed by atoms with van der Waals surface area (Å²) in [5.41, 5.74) is 2.04. The third-order valence-corrected chi connectivity index (χ3v) is 5.89. The molecule has 2 aromatic rings. The van der Waals surface area contributed by atoms with Crippen LogP contribution in [0.1, 0.15) is 58.3 Å². The van der Waals surface area contributed by atoms with Gasteiger partial charge in [-0.15, -0.1) is 11.8 Å². The fourth-order valence-electron chi connectivity index (χ4n) is 3.54. The van der Waals surface area contributed by atoms with Crippen molar-refractivity contribution in [2.45, 2.75) is 51.4 Å². The zero-order valence-electron chi connectivity index (χ0n) is 14.0. The molecule has 3 heterocycles. The topological polar surface area (TPSA) is 67.7 Å². The molecule has 5 nitrogen and oxygen atoms in total. The van der Waals surface area contributed by atoms with Crippen molar-refractivity contribution in [1.29, 1.82) is 0 Å². The molecular formula is C18H20N2O3S. The van der Waals surface area contributed by atoms with Gasteiger partial charge in [-0.3, -0.25) is 9.79 Å². The number of hydrogen-bond donors (Lipinski definition) is 1. The van der Waals surface area contributed by atoms with Crippen LogP contribution in [0.5, 0.6) is 0 Å². The molecule has 1 aliphatic heterocycles. The first-order chi connectivity index (χ1) is 11.5. The van der Waals surface area contributed by atoms with Crippen molar-refractivity contribution >= 4 is 22.7 Å². The van der Waals surface area contributed by atoms with Gasteiger partial charge in [0.2, 0.25) is 0 Å². The van der Waals surface area contributed by atoms with E-state index in [0.717, 1.165) is 46.3 Å². The van der Waals surface area contributed by atoms with Crippen LogP contribution in [-0.4, -0.2) is 16.2 Å². The van der Waals surface area contributed by atoms with Gasteiger partial charge in [0.15, 0.2) is 5.76 Å². The van der Waals surface area contributed by atoms with Gasteiger partial charge in [-0.25, -0.2) is 0 Å². The molecule has 6 heteroatoms. The van der Waals surface area contributed by atoms with Crippen LogP contribution in [0.2, 0.25) is 0 Å². The van der Waals surface area contributed by atoms with Crippen molar-refractivity contribution in [1.82, 2.24) is 5.32 Å². The zero-order valence-corrected chi connectivity index (χ0v) is 14.8. The van der Waals surface area contributed by atoms with E-state index in [0.29, 0.717) is 17.6 Å². The number of rotatable bonds is 3. The Morgan fingerprint density at radius 2 is 2.17 bits per heavy atom. The third kappa shape index (κ3) is 2.59. The minimum Gasteiger partial charge on any atom is -0.465 e. The zero-order chi connectivity index (χ0) is 16.8. The Bertz CT molecular complexity index is 833. The summed E-state index contributed by atoms with van der Waals surface area (Å²) in [6.07, 6.45) is 1.92. The van der Waals surface area contributed by atoms with Crippen molar-refractivity contribution < 1.29 is 13.6 Å². The molecular weight excluding hydrogens is 324 g/mol. The highest BCUT2D eigenvalue weighted by atomic mass is 32.2. The van der Waals surface area contributed by atoms with E-state index in [1.807, 2.05) is 37.7 Å². The Balaban J connectivity index is 1.56. The molecule has 1 N–H and O–H groups in total. The standard InChI is InChI=1S/C18H20N2O3S/c1-9-4-5-12(22-9)8-19-18(21)17-10(2)15-13(23-17)6-7-14-16(15)20-11(3)24-14/h4-5,14,16H,6-8H2,1-3H3,(H,19,21). The predicted octanol–water partition coefficient (Wildman–Crippen LogP) is 3.94. The van der Waals surface area contributed by atoms with Gasteiger partial charge in [0, 0.05) is 22.8 Å². The van der Waals surface area contributed by atoms with Crippen molar-refractivity contribution in [2.75, 3.05) is 0 Å². The second kappa shape index (κ2) is 5.84. The molecule has 2 aliphatic rings. The maximum absolute atomic E-state index is 12.5. The number of aliphatic imine (C=N–C) groups is 1. The molecule has 126 valence electrons. The van der Waals surface area contributed by atoms with Crippen molar-refractivity contribution in [3.8, 4) is 0 Å². The maximum Gasteiger partial charge on any atom is 0.287 e. The van der Waals surface area contributed by atoms with Crippen LogP contribution in [0.25, 0.3) is 0 Å². The summed E-state index contributed by atoms with van der Waals surface area (Å²) in [6.45, 7) is 6.26. The first-order valence-corrected chi connectivity index (χ1v) is 9.07. The lowest BCUT2D eigenvalue weighted by atomic mass is 9.90. The van der Waals surface area contributed by atoms with Gasteiger partial charge >= 0.3 is 0 Å². The van der Waals surface area contributed by atoms with Gasteiger partial charge < -0.3 is 14.2 Å². The molecule has 0 radical (unpaired) electrons. The quantitative estimate of drug-likeness (QED) is 0.916. The Morgan fingerprint density at radius 3 is 2.92 bits per heavy atom. The van der Waals surface area contributed by atoms with E-state index < -0.39 is 0 Å². The van der Waals surface area contributed by atoms with E-state index in [-0.39, 0.29) is 11.9 Å². The Morgan fingerprint density at radius 1 is 1.33 bits per heavy atom. The van der Waals surface area contributed by atoms with E-state index in [2.05, 4.69) is 12.2 Å². The number of carbonyl (C=O) groups excluding carboxylic acids is 1. The van der Waals surface area contributed by atoms with Crippen LogP contribution < -0.4 is 5.32 Å². The van der Waals surface area contributed by atoms with Gasteiger partial charge in [0.1, 0.15) is 17.3 Å². The second-order valence-corrected chi connectivity index (χ2v) is 7.81. The number of carbonyl (C=O) groups is 1. The average Bonchev–Trinajstić information content (AvgIpc) is 3.21. The molecule has 0 aromatic carbocycles. The van der Waals surface area contributed by atoms with Crippen molar-refractivity contribution in [3.05, 3.63) is 46.3 Å². The van der Waals surface area contributed by atoms with Crippen LogP contribution >= 0.6 is 11.8 Å². The highest BCUT2D eigenvalue weighted by molar-refractivity contribution is 8.14. The molecule has 2 unspecified atom stereocenters. The lowest BCUT2D eigenvalue weighted by Crippen LogP contribution is -2.23. The van der Waals surface area contributed by atoms with E-state index in [1.165, 1.54) is 0 Å². The van der Waals surface area contributed by atoms with Crippen molar-refractivity contribution in [2.24, 2.45) is 4.99 Å². The molecule has 0 bridgehead atoms. The summed E-state index contributed by atoms with van der Waals surface area (Å²) in [5.74, 6) is 2.71. The van der Waals surface area contributed by atoms with Crippen LogP contribution in [-0.2, 0) is 13.0 Å². The van der Waals surface area contributed by atoms with Gasteiger partial charge in [-0.05, 0) is 39.3 Å². The van der Waals surface area contributed by atoms with E-state index in [1.54, 1.807) is 0 Å². The molecule has 24 heavy (non-hydrogen) atoms. The van der Waals surface area contributed by atoms with Gasteiger partial charge in [0.05, 0.1) is 17.6 Å². The van der Waals surface area contributed by atoms with Crippen LogP contribution in [0.3, 0.4) is 0 Å². The number of fused-ring (bicyclic) bond motifs is 3. The Hall–Kier alpha value is -1.95. The second-order valence-electron chi connectivity index (χ2n) is 6.38. The summed E-state index contributed by atoms with van der Waals surface area (Å²) >= 11 is 1.84. The van der Waals surface area contributed by atoms with Gasteiger partial charge in [-0.2, -0.15) is 0 Å². The minimum atomic E-state index is -0.196. The Kier molecular flexibility index (Phi) is 3.79. The summed E-state index contributed by atoms with van der Waals surface area (Å²) in [4.78, 5) is 17.3. The fourth-order valence-corrected chi connectivity index (χ4v) is 4.71. The largest absolute Gasteiger partial charge is 0.465 e. The van der Waals surface area contributed by atoms with Gasteiger partial charge in [-0.1, -0.05) is 0 Å². The Labute approximate surface area is 144 Å². The number of furan rings is 2. The molecule has 0 saturated carbocycles. The average molecular weight is 344 g/mol. The molecule has 2 aromatic heterocycles. The van der Waals surface area contributed by atoms with Crippen LogP contribution in [0.4, 0.5) is 0 Å². The van der Waals surface area contributed by atoms with Crippen molar-refractivity contribution in [3.63, 3.8) is 0 Å². The third-order valence-electron chi connectivity index (χ3n) is 4.64. The van der Waals surface area contributed by atoms with Gasteiger partial charge in [0.25, 0.3) is 5.91 Å². The molecule has 0 fully saturated rings. The number of nitrogens with one attached hydrogen (secondary N) is 1. The molecule has 0 spiro atoms. The number of nitrogens with zero attached hydrogens (tertiary/aromatic N) is 1. The predicted molar refractivity (Wildman–Crippen MR) is 93.6 cm³/mol. The monoisotopic (exact) mass is 344 g/mol. The number of thioether (sulfide) groups is 1. The molecule has 4 rings (SSSR count). The fraction of sp³-hybridized carbons (Fsp3) is 0.444. The van der Waals surface area contributed by atoms with E-state index in [4.69, 9.17) is 13.8 Å². The molecule has 1 amide bonds. The highest BCUT2D eigenvalue weighted by Crippen LogP contribution is 2.47. The lowest BCUT2D eigenvalue weighted by molar-refractivity contribution is 0.0917. The molecule has 2 atom stereocenters. The normalized spacial score (nSPS) is 22.0. The maximum atomic E-state index is 12.5. The smallest absolute Gasteiger partial charge is 0.287 e. The summed E-state index contributed by atoms with van der Waals surface area (Å²) in [6, 6.07) is 3.89. The molecule has 1 aliphatic carbocycles. The number of amides is 1. The lowest BCUT2D eigenvalue weighted by Gasteiger charge is -2.22.